The number of carboxylic acids is 1. The molecule has 6 rings (SSSR count). The fraction of sp³-hybridized carbons (Fsp3) is 0.360. The number of thioether (sulfide) groups is 1. The van der Waals surface area contributed by atoms with Crippen molar-refractivity contribution in [2.24, 2.45) is 0 Å². The number of carbonyl (C=O) groups is 3. The Labute approximate surface area is 238 Å². The zero-order valence-electron chi connectivity index (χ0n) is 20.5. The van der Waals surface area contributed by atoms with Crippen LogP contribution < -0.4 is 0 Å². The number of alkyl halides is 1. The molecule has 4 heterocycles. The van der Waals surface area contributed by atoms with Gasteiger partial charge in [-0.25, -0.2) is 9.78 Å². The van der Waals surface area contributed by atoms with Crippen molar-refractivity contribution in [3.8, 4) is 0 Å². The van der Waals surface area contributed by atoms with Crippen molar-refractivity contribution >= 4 is 67.5 Å². The third kappa shape index (κ3) is 4.07. The molecule has 11 nitrogen and oxygen atoms in total. The number of esters is 1. The molecule has 1 N–H and O–H groups in total. The third-order valence-electron chi connectivity index (χ3n) is 7.13. The number of non-ortho nitro benzene ring substituents is 1. The van der Waals surface area contributed by atoms with Gasteiger partial charge in [0.2, 0.25) is 0 Å². The molecule has 14 heteroatoms. The number of amides is 1. The number of aryl methyl sites for hydroxylation is 2. The molecule has 1 aliphatic carbocycles. The molecule has 2 unspecified atom stereocenters. The largest absolute Gasteiger partial charge is 0.477 e. The lowest BCUT2D eigenvalue weighted by Gasteiger charge is -2.51. The molecular formula is C25H21BrN4O7S2. The predicted molar refractivity (Wildman–Crippen MR) is 146 cm³/mol. The normalized spacial score (nSPS) is 22.9. The second-order valence-electron chi connectivity index (χ2n) is 9.58. The molecule has 202 valence electrons. The summed E-state index contributed by atoms with van der Waals surface area (Å²) in [5, 5.41) is 20.3. The van der Waals surface area contributed by atoms with Crippen LogP contribution in [0.25, 0.3) is 4.96 Å². The highest BCUT2D eigenvalue weighted by atomic mass is 79.9. The van der Waals surface area contributed by atoms with Gasteiger partial charge < -0.3 is 9.84 Å². The molecule has 1 saturated heterocycles. The molecule has 3 aliphatic rings. The molecule has 1 amide bonds. The molecule has 2 aliphatic heterocycles. The molecule has 39 heavy (non-hydrogen) atoms. The number of hydrogen-bond acceptors (Lipinski definition) is 9. The molecule has 1 aromatic carbocycles. The topological polar surface area (TPSA) is 144 Å². The summed E-state index contributed by atoms with van der Waals surface area (Å²) >= 11 is 6.36. The average Bonchev–Trinajstić information content (AvgIpc) is 3.57. The Morgan fingerprint density at radius 3 is 2.69 bits per heavy atom. The van der Waals surface area contributed by atoms with E-state index in [4.69, 9.17) is 9.72 Å². The Balaban J connectivity index is 1.34. The molecule has 0 bridgehead atoms. The summed E-state index contributed by atoms with van der Waals surface area (Å²) in [6, 6.07) is 5.82. The second kappa shape index (κ2) is 9.45. The maximum absolute atomic E-state index is 13.6. The van der Waals surface area contributed by atoms with Crippen LogP contribution in [-0.4, -0.2) is 51.9 Å². The van der Waals surface area contributed by atoms with Crippen molar-refractivity contribution in [3.63, 3.8) is 0 Å². The molecule has 3 atom stereocenters. The molecule has 0 spiro atoms. The van der Waals surface area contributed by atoms with Crippen LogP contribution in [0.4, 0.5) is 5.69 Å². The van der Waals surface area contributed by atoms with Gasteiger partial charge in [0.1, 0.15) is 16.8 Å². The van der Waals surface area contributed by atoms with Gasteiger partial charge in [-0.1, -0.05) is 28.1 Å². The number of carboxylic acid groups (broad SMARTS) is 1. The zero-order valence-corrected chi connectivity index (χ0v) is 23.7. The Hall–Kier alpha value is -3.23. The standard InChI is InChI=1S/C25H21BrN4O7S2/c1-12(31)37-20(15-11-28-16-4-2-3-5-17(16)39-24(28)27-15)25(26)22(34)29-19(21(32)33)18(38-23(25)29)10-13-6-8-14(9-7-13)30(35)36/h6-9,11,20,23H,2-5,10H2,1H3,(H,32,33)/t20?,23-,25?/m1/s1. The highest BCUT2D eigenvalue weighted by molar-refractivity contribution is 9.10. The van der Waals surface area contributed by atoms with Crippen LogP contribution in [0, 0.1) is 10.1 Å². The number of hydrogen-bond donors (Lipinski definition) is 1. The van der Waals surface area contributed by atoms with E-state index in [1.54, 1.807) is 23.5 Å². The van der Waals surface area contributed by atoms with Crippen molar-refractivity contribution in [1.29, 1.82) is 0 Å². The number of benzene rings is 1. The fourth-order valence-corrected chi connectivity index (χ4v) is 9.07. The first-order valence-corrected chi connectivity index (χ1v) is 14.6. The number of ether oxygens (including phenoxy) is 1. The van der Waals surface area contributed by atoms with Crippen LogP contribution >= 0.6 is 39.0 Å². The number of imidazole rings is 1. The number of aliphatic carboxylic acids is 1. The van der Waals surface area contributed by atoms with Crippen molar-refractivity contribution in [1.82, 2.24) is 14.3 Å². The summed E-state index contributed by atoms with van der Waals surface area (Å²) in [5.74, 6) is -2.40. The third-order valence-corrected chi connectivity index (χ3v) is 11.2. The van der Waals surface area contributed by atoms with Crippen LogP contribution in [-0.2, 0) is 38.4 Å². The summed E-state index contributed by atoms with van der Waals surface area (Å²) in [6.07, 6.45) is 5.03. The summed E-state index contributed by atoms with van der Waals surface area (Å²) in [5.41, 5.74) is 2.03. The van der Waals surface area contributed by atoms with Gasteiger partial charge in [0.05, 0.1) is 4.92 Å². The number of allylic oxidation sites excluding steroid dienone is 1. The minimum atomic E-state index is -1.44. The minimum Gasteiger partial charge on any atom is -0.477 e. The van der Waals surface area contributed by atoms with Gasteiger partial charge in [0, 0.05) is 47.2 Å². The molecule has 1 fully saturated rings. The number of nitro groups is 1. The number of aromatic nitrogens is 2. The molecule has 0 radical (unpaired) electrons. The van der Waals surface area contributed by atoms with E-state index in [2.05, 4.69) is 15.9 Å². The van der Waals surface area contributed by atoms with Crippen LogP contribution in [0.5, 0.6) is 0 Å². The Kier molecular flexibility index (Phi) is 6.31. The highest BCUT2D eigenvalue weighted by Crippen LogP contribution is 2.60. The van der Waals surface area contributed by atoms with Gasteiger partial charge >= 0.3 is 11.9 Å². The van der Waals surface area contributed by atoms with E-state index in [1.165, 1.54) is 46.3 Å². The van der Waals surface area contributed by atoms with E-state index in [-0.39, 0.29) is 17.8 Å². The summed E-state index contributed by atoms with van der Waals surface area (Å²) in [6.45, 7) is 1.26. The van der Waals surface area contributed by atoms with E-state index >= 15 is 0 Å². The lowest BCUT2D eigenvalue weighted by atomic mass is 9.88. The minimum absolute atomic E-state index is 0.0748. The molecule has 0 saturated carbocycles. The van der Waals surface area contributed by atoms with Crippen LogP contribution in [0.3, 0.4) is 0 Å². The molecule has 3 aromatic rings. The van der Waals surface area contributed by atoms with Crippen LogP contribution in [0.2, 0.25) is 0 Å². The van der Waals surface area contributed by atoms with E-state index < -0.39 is 38.6 Å². The van der Waals surface area contributed by atoms with Gasteiger partial charge in [-0.05, 0) is 31.2 Å². The van der Waals surface area contributed by atoms with E-state index in [0.29, 0.717) is 16.2 Å². The SMILES string of the molecule is CC(=O)OC(c1cn2c3c(sc2n1)CCCC3)C1(Br)C(=O)N2C(C(=O)O)=C(Cc3ccc([N+](=O)[O-])cc3)S[C@@H]21. The van der Waals surface area contributed by atoms with Gasteiger partial charge in [-0.2, -0.15) is 0 Å². The summed E-state index contributed by atoms with van der Waals surface area (Å²) in [7, 11) is 0. The van der Waals surface area contributed by atoms with Gasteiger partial charge in [0.15, 0.2) is 15.4 Å². The fourth-order valence-electron chi connectivity index (χ4n) is 5.35. The number of nitrogens with zero attached hydrogens (tertiary/aromatic N) is 4. The number of β-lactam (4-membered cyclic amide) rings is 1. The number of nitro benzene ring substituents is 1. The maximum atomic E-state index is 13.6. The monoisotopic (exact) mass is 632 g/mol. The van der Waals surface area contributed by atoms with Crippen molar-refractivity contribution in [3.05, 3.63) is 73.0 Å². The zero-order chi connectivity index (χ0) is 27.6. The van der Waals surface area contributed by atoms with Crippen LogP contribution in [0.15, 0.2) is 41.1 Å². The first kappa shape index (κ1) is 26.0. The van der Waals surface area contributed by atoms with E-state index in [1.807, 2.05) is 10.6 Å². The van der Waals surface area contributed by atoms with Crippen molar-refractivity contribution < 1.29 is 29.2 Å². The Morgan fingerprint density at radius 1 is 1.31 bits per heavy atom. The molecular weight excluding hydrogens is 612 g/mol. The first-order chi connectivity index (χ1) is 18.6. The maximum Gasteiger partial charge on any atom is 0.353 e. The Bertz CT molecular complexity index is 1600. The lowest BCUT2D eigenvalue weighted by molar-refractivity contribution is -0.384. The van der Waals surface area contributed by atoms with Crippen LogP contribution in [0.1, 0.15) is 47.7 Å². The highest BCUT2D eigenvalue weighted by Gasteiger charge is 2.70. The lowest BCUT2D eigenvalue weighted by Crippen LogP contribution is -2.70. The van der Waals surface area contributed by atoms with E-state index in [0.717, 1.165) is 30.6 Å². The molecule has 2 aromatic heterocycles. The number of carbonyl (C=O) groups excluding carboxylic acids is 2. The number of halogens is 1. The second-order valence-corrected chi connectivity index (χ2v) is 13.1. The predicted octanol–water partition coefficient (Wildman–Crippen LogP) is 4.37. The van der Waals surface area contributed by atoms with Gasteiger partial charge in [-0.3, -0.25) is 29.0 Å². The Morgan fingerprint density at radius 2 is 2.03 bits per heavy atom. The number of rotatable bonds is 7. The van der Waals surface area contributed by atoms with E-state index in [9.17, 15) is 29.6 Å². The van der Waals surface area contributed by atoms with Crippen molar-refractivity contribution in [2.75, 3.05) is 0 Å². The smallest absolute Gasteiger partial charge is 0.353 e. The first-order valence-electron chi connectivity index (χ1n) is 12.1. The number of fused-ring (bicyclic) bond motifs is 4. The summed E-state index contributed by atoms with van der Waals surface area (Å²) < 4.78 is 6.27. The number of thiazole rings is 1. The average molecular weight is 634 g/mol. The quantitative estimate of drug-likeness (QED) is 0.132. The summed E-state index contributed by atoms with van der Waals surface area (Å²) in [4.78, 5) is 57.0. The van der Waals surface area contributed by atoms with Crippen molar-refractivity contribution in [2.45, 2.75) is 54.8 Å². The van der Waals surface area contributed by atoms with Gasteiger partial charge in [0.25, 0.3) is 11.6 Å². The van der Waals surface area contributed by atoms with Gasteiger partial charge in [-0.15, -0.1) is 23.1 Å².